The Morgan fingerprint density at radius 2 is 2.25 bits per heavy atom. The number of rotatable bonds is 8. The smallest absolute Gasteiger partial charge is 0.271 e. The highest BCUT2D eigenvalue weighted by atomic mass is 32.1. The third-order valence-corrected chi connectivity index (χ3v) is 4.23. The number of aliphatic hydroxyl groups is 1. The molecule has 0 amide bonds. The molecule has 0 bridgehead atoms. The lowest BCUT2D eigenvalue weighted by molar-refractivity contribution is 0.188. The Bertz CT molecular complexity index is 593. The molecule has 0 atom stereocenters. The second-order valence-electron chi connectivity index (χ2n) is 4.80. The van der Waals surface area contributed by atoms with Crippen LogP contribution in [0.2, 0.25) is 0 Å². The summed E-state index contributed by atoms with van der Waals surface area (Å²) in [5.41, 5.74) is 0.805. The van der Waals surface area contributed by atoms with E-state index in [9.17, 15) is 4.79 Å². The largest absolute Gasteiger partial charge is 0.395 e. The Hall–Kier alpha value is -1.24. The predicted molar refractivity (Wildman–Crippen MR) is 82.3 cm³/mol. The van der Waals surface area contributed by atoms with Gasteiger partial charge in [0.15, 0.2) is 0 Å². The lowest BCUT2D eigenvalue weighted by Gasteiger charge is -2.21. The summed E-state index contributed by atoms with van der Waals surface area (Å²) in [4.78, 5) is 18.7. The van der Waals surface area contributed by atoms with Gasteiger partial charge in [0.1, 0.15) is 4.70 Å². The van der Waals surface area contributed by atoms with Crippen molar-refractivity contribution in [3.63, 3.8) is 0 Å². The van der Waals surface area contributed by atoms with Crippen molar-refractivity contribution in [2.24, 2.45) is 0 Å². The molecule has 2 heterocycles. The first-order chi connectivity index (χ1) is 9.76. The zero-order valence-electron chi connectivity index (χ0n) is 11.8. The Balaban J connectivity index is 2.03. The Labute approximate surface area is 122 Å². The lowest BCUT2D eigenvalue weighted by Crippen LogP contribution is -2.33. The van der Waals surface area contributed by atoms with Crippen LogP contribution in [-0.2, 0) is 6.54 Å². The van der Waals surface area contributed by atoms with Gasteiger partial charge in [-0.2, -0.15) is 0 Å². The summed E-state index contributed by atoms with van der Waals surface area (Å²) in [7, 11) is 0. The van der Waals surface area contributed by atoms with E-state index in [2.05, 4.69) is 16.8 Å². The molecular weight excluding hydrogens is 274 g/mol. The molecule has 6 heteroatoms. The van der Waals surface area contributed by atoms with Crippen molar-refractivity contribution in [3.8, 4) is 0 Å². The number of hydrogen-bond donors (Lipinski definition) is 1. The zero-order chi connectivity index (χ0) is 14.4. The maximum Gasteiger partial charge on any atom is 0.271 e. The molecular formula is C14H21N3O2S. The fraction of sp³-hybridized carbons (Fsp3) is 0.571. The number of aromatic nitrogens is 2. The van der Waals surface area contributed by atoms with Crippen LogP contribution in [0.4, 0.5) is 0 Å². The Morgan fingerprint density at radius 1 is 1.40 bits per heavy atom. The fourth-order valence-electron chi connectivity index (χ4n) is 2.15. The molecule has 0 aliphatic heterocycles. The van der Waals surface area contributed by atoms with Crippen LogP contribution in [0.1, 0.15) is 19.8 Å². The van der Waals surface area contributed by atoms with Gasteiger partial charge in [0.2, 0.25) is 0 Å². The van der Waals surface area contributed by atoms with E-state index in [1.54, 1.807) is 10.9 Å². The van der Waals surface area contributed by atoms with Gasteiger partial charge in [0.25, 0.3) is 5.56 Å². The molecule has 0 aliphatic rings. The summed E-state index contributed by atoms with van der Waals surface area (Å²) in [5, 5.41) is 11.0. The third-order valence-electron chi connectivity index (χ3n) is 3.34. The number of fused-ring (bicyclic) bond motifs is 1. The normalized spacial score (nSPS) is 11.6. The van der Waals surface area contributed by atoms with E-state index < -0.39 is 0 Å². The zero-order valence-corrected chi connectivity index (χ0v) is 12.6. The summed E-state index contributed by atoms with van der Waals surface area (Å²) in [6, 6.07) is 1.87. The minimum absolute atomic E-state index is 0.0319. The molecule has 2 aromatic heterocycles. The van der Waals surface area contributed by atoms with E-state index in [0.29, 0.717) is 13.1 Å². The van der Waals surface area contributed by atoms with Crippen LogP contribution in [0.25, 0.3) is 10.2 Å². The summed E-state index contributed by atoms with van der Waals surface area (Å²) in [6.07, 6.45) is 3.86. The van der Waals surface area contributed by atoms with Gasteiger partial charge in [-0.15, -0.1) is 11.3 Å². The quantitative estimate of drug-likeness (QED) is 0.803. The monoisotopic (exact) mass is 295 g/mol. The molecule has 0 radical (unpaired) electrons. The van der Waals surface area contributed by atoms with Gasteiger partial charge in [-0.1, -0.05) is 13.3 Å². The van der Waals surface area contributed by atoms with Gasteiger partial charge in [-0.25, -0.2) is 4.98 Å². The number of thiophene rings is 1. The van der Waals surface area contributed by atoms with E-state index in [-0.39, 0.29) is 12.2 Å². The SMILES string of the molecule is CCCCN(CCO)CCn1cnc2ccsc2c1=O. The van der Waals surface area contributed by atoms with Gasteiger partial charge in [0, 0.05) is 19.6 Å². The lowest BCUT2D eigenvalue weighted by atomic mass is 10.3. The molecule has 20 heavy (non-hydrogen) atoms. The number of unbranched alkanes of at least 4 members (excludes halogenated alkanes) is 1. The van der Waals surface area contributed by atoms with Gasteiger partial charge < -0.3 is 5.11 Å². The van der Waals surface area contributed by atoms with E-state index in [1.807, 2.05) is 11.4 Å². The maximum absolute atomic E-state index is 12.2. The van der Waals surface area contributed by atoms with Gasteiger partial charge >= 0.3 is 0 Å². The van der Waals surface area contributed by atoms with Gasteiger partial charge in [-0.3, -0.25) is 14.3 Å². The van der Waals surface area contributed by atoms with E-state index in [1.165, 1.54) is 11.3 Å². The molecule has 0 saturated carbocycles. The van der Waals surface area contributed by atoms with Crippen molar-refractivity contribution in [2.75, 3.05) is 26.2 Å². The minimum Gasteiger partial charge on any atom is -0.395 e. The fourth-order valence-corrected chi connectivity index (χ4v) is 2.94. The van der Waals surface area contributed by atoms with Crippen molar-refractivity contribution in [2.45, 2.75) is 26.3 Å². The second kappa shape index (κ2) is 7.52. The average Bonchev–Trinajstić information content (AvgIpc) is 2.93. The predicted octanol–water partition coefficient (Wildman–Crippen LogP) is 1.55. The molecule has 0 saturated heterocycles. The first-order valence-electron chi connectivity index (χ1n) is 7.02. The van der Waals surface area contributed by atoms with Crippen molar-refractivity contribution in [1.29, 1.82) is 0 Å². The maximum atomic E-state index is 12.2. The van der Waals surface area contributed by atoms with Crippen LogP contribution in [0.3, 0.4) is 0 Å². The van der Waals surface area contributed by atoms with Gasteiger partial charge in [-0.05, 0) is 24.4 Å². The molecule has 1 N–H and O–H groups in total. The van der Waals surface area contributed by atoms with Crippen LogP contribution >= 0.6 is 11.3 Å². The molecule has 0 unspecified atom stereocenters. The number of nitrogens with zero attached hydrogens (tertiary/aromatic N) is 3. The molecule has 0 fully saturated rings. The van der Waals surface area contributed by atoms with Crippen LogP contribution in [-0.4, -0.2) is 45.8 Å². The van der Waals surface area contributed by atoms with Crippen molar-refractivity contribution in [1.82, 2.24) is 14.5 Å². The minimum atomic E-state index is 0.0319. The Morgan fingerprint density at radius 3 is 3.00 bits per heavy atom. The van der Waals surface area contributed by atoms with E-state index in [0.717, 1.165) is 36.1 Å². The molecule has 0 aromatic carbocycles. The van der Waals surface area contributed by atoms with E-state index in [4.69, 9.17) is 5.11 Å². The highest BCUT2D eigenvalue weighted by Gasteiger charge is 2.08. The Kier molecular flexibility index (Phi) is 5.70. The molecule has 110 valence electrons. The molecule has 2 rings (SSSR count). The van der Waals surface area contributed by atoms with Crippen LogP contribution in [0.5, 0.6) is 0 Å². The number of hydrogen-bond acceptors (Lipinski definition) is 5. The van der Waals surface area contributed by atoms with Crippen LogP contribution in [0.15, 0.2) is 22.6 Å². The average molecular weight is 295 g/mol. The molecule has 2 aromatic rings. The van der Waals surface area contributed by atoms with Crippen molar-refractivity contribution >= 4 is 21.6 Å². The summed E-state index contributed by atoms with van der Waals surface area (Å²) >= 11 is 1.44. The van der Waals surface area contributed by atoms with Crippen molar-refractivity contribution in [3.05, 3.63) is 28.1 Å². The topological polar surface area (TPSA) is 58.4 Å². The van der Waals surface area contributed by atoms with E-state index >= 15 is 0 Å². The highest BCUT2D eigenvalue weighted by Crippen LogP contribution is 2.13. The third kappa shape index (κ3) is 3.65. The second-order valence-corrected chi connectivity index (χ2v) is 5.71. The molecule has 5 nitrogen and oxygen atoms in total. The standard InChI is InChI=1S/C14H21N3O2S/c1-2-3-5-16(8-9-18)6-7-17-11-15-12-4-10-20-13(12)14(17)19/h4,10-11,18H,2-3,5-9H2,1H3. The molecule has 0 aliphatic carbocycles. The first kappa shape index (κ1) is 15.2. The highest BCUT2D eigenvalue weighted by molar-refractivity contribution is 7.17. The molecule has 0 spiro atoms. The van der Waals surface area contributed by atoms with Crippen molar-refractivity contribution < 1.29 is 5.11 Å². The summed E-state index contributed by atoms with van der Waals surface area (Å²) < 4.78 is 2.38. The van der Waals surface area contributed by atoms with Gasteiger partial charge in [0.05, 0.1) is 18.5 Å². The first-order valence-corrected chi connectivity index (χ1v) is 7.90. The van der Waals surface area contributed by atoms with Crippen LogP contribution < -0.4 is 5.56 Å². The van der Waals surface area contributed by atoms with Crippen LogP contribution in [0, 0.1) is 0 Å². The summed E-state index contributed by atoms with van der Waals surface area (Å²) in [5.74, 6) is 0. The summed E-state index contributed by atoms with van der Waals surface area (Å²) in [6.45, 7) is 5.30. The number of aliphatic hydroxyl groups excluding tert-OH is 1.